The fraction of sp³-hybridized carbons (Fsp3) is 0.778. The minimum atomic E-state index is 1.17. The second kappa shape index (κ2) is 3.77. The van der Waals surface area contributed by atoms with Gasteiger partial charge in [-0.1, -0.05) is 11.6 Å². The Morgan fingerprint density at radius 3 is 2.40 bits per heavy atom. The van der Waals surface area contributed by atoms with Gasteiger partial charge in [-0.25, -0.2) is 0 Å². The highest BCUT2D eigenvalue weighted by molar-refractivity contribution is 4.95. The maximum absolute atomic E-state index is 2.51. The normalized spacial score (nSPS) is 19.4. The Morgan fingerprint density at radius 2 is 1.90 bits per heavy atom. The molecule has 1 aliphatic heterocycles. The lowest BCUT2D eigenvalue weighted by Crippen LogP contribution is -2.18. The van der Waals surface area contributed by atoms with Gasteiger partial charge in [-0.2, -0.15) is 0 Å². The van der Waals surface area contributed by atoms with Gasteiger partial charge in [0.25, 0.3) is 0 Å². The molecule has 0 amide bonds. The molecule has 0 saturated carbocycles. The number of hydrogen-bond donors (Lipinski definition) is 0. The van der Waals surface area contributed by atoms with Crippen molar-refractivity contribution in [3.8, 4) is 0 Å². The molecule has 0 bridgehead atoms. The minimum Gasteiger partial charge on any atom is -0.300 e. The maximum Gasteiger partial charge on any atom is 0.0165 e. The van der Waals surface area contributed by atoms with Gasteiger partial charge in [0.05, 0.1) is 0 Å². The van der Waals surface area contributed by atoms with E-state index in [4.69, 9.17) is 0 Å². The van der Waals surface area contributed by atoms with Crippen LogP contribution in [0.25, 0.3) is 0 Å². The van der Waals surface area contributed by atoms with E-state index in [1.165, 1.54) is 38.0 Å². The Hall–Kier alpha value is -0.300. The summed E-state index contributed by atoms with van der Waals surface area (Å²) in [4.78, 5) is 2.51. The lowest BCUT2D eigenvalue weighted by atomic mass is 10.3. The molecule has 1 aliphatic rings. The van der Waals surface area contributed by atoms with E-state index in [0.717, 1.165) is 0 Å². The van der Waals surface area contributed by atoms with Crippen LogP contribution in [0.4, 0.5) is 0 Å². The monoisotopic (exact) mass is 139 g/mol. The van der Waals surface area contributed by atoms with Crippen LogP contribution in [0.1, 0.15) is 26.7 Å². The third-order valence-corrected chi connectivity index (χ3v) is 1.96. The van der Waals surface area contributed by atoms with Crippen LogP contribution in [-0.4, -0.2) is 24.5 Å². The summed E-state index contributed by atoms with van der Waals surface area (Å²) in [6, 6.07) is 0. The van der Waals surface area contributed by atoms with Crippen molar-refractivity contribution in [2.45, 2.75) is 26.7 Å². The zero-order chi connectivity index (χ0) is 7.40. The van der Waals surface area contributed by atoms with E-state index in [0.29, 0.717) is 0 Å². The minimum absolute atomic E-state index is 1.17. The summed E-state index contributed by atoms with van der Waals surface area (Å²) in [7, 11) is 0. The zero-order valence-corrected chi connectivity index (χ0v) is 7.06. The summed E-state index contributed by atoms with van der Waals surface area (Å²) in [6.07, 6.45) is 5.11. The largest absolute Gasteiger partial charge is 0.300 e. The smallest absolute Gasteiger partial charge is 0.0165 e. The molecular weight excluding hydrogens is 122 g/mol. The summed E-state index contributed by atoms with van der Waals surface area (Å²) in [6.45, 7) is 8.11. The lowest BCUT2D eigenvalue weighted by molar-refractivity contribution is 0.376. The van der Waals surface area contributed by atoms with Gasteiger partial charge in [0.2, 0.25) is 0 Å². The second-order valence-electron chi connectivity index (χ2n) is 3.29. The number of nitrogens with zero attached hydrogens (tertiary/aromatic N) is 1. The van der Waals surface area contributed by atoms with E-state index in [9.17, 15) is 0 Å². The van der Waals surface area contributed by atoms with Crippen molar-refractivity contribution in [1.29, 1.82) is 0 Å². The summed E-state index contributed by atoms with van der Waals surface area (Å²) >= 11 is 0. The zero-order valence-electron chi connectivity index (χ0n) is 7.06. The van der Waals surface area contributed by atoms with Crippen molar-refractivity contribution in [2.24, 2.45) is 0 Å². The van der Waals surface area contributed by atoms with E-state index >= 15 is 0 Å². The van der Waals surface area contributed by atoms with E-state index in [2.05, 4.69) is 24.8 Å². The average Bonchev–Trinajstić information content (AvgIpc) is 2.34. The van der Waals surface area contributed by atoms with Gasteiger partial charge in [0.1, 0.15) is 0 Å². The van der Waals surface area contributed by atoms with Crippen LogP contribution in [0, 0.1) is 0 Å². The molecule has 0 unspecified atom stereocenters. The summed E-state index contributed by atoms with van der Waals surface area (Å²) < 4.78 is 0. The Bertz CT molecular complexity index is 117. The summed E-state index contributed by atoms with van der Waals surface area (Å²) in [5.74, 6) is 0. The Kier molecular flexibility index (Phi) is 2.94. The molecular formula is C9H17N. The molecule has 58 valence electrons. The highest BCUT2D eigenvalue weighted by Crippen LogP contribution is 2.06. The Labute approximate surface area is 63.7 Å². The topological polar surface area (TPSA) is 3.24 Å². The Morgan fingerprint density at radius 1 is 1.30 bits per heavy atom. The average molecular weight is 139 g/mol. The van der Waals surface area contributed by atoms with Crippen LogP contribution >= 0.6 is 0 Å². The Balaban J connectivity index is 2.18. The van der Waals surface area contributed by atoms with Gasteiger partial charge in [-0.05, 0) is 39.8 Å². The molecule has 1 saturated heterocycles. The molecule has 1 heterocycles. The highest BCUT2D eigenvalue weighted by Gasteiger charge is 2.08. The predicted molar refractivity (Wildman–Crippen MR) is 45.1 cm³/mol. The number of hydrogen-bond acceptors (Lipinski definition) is 1. The summed E-state index contributed by atoms with van der Waals surface area (Å²) in [5, 5.41) is 0. The third kappa shape index (κ3) is 2.53. The van der Waals surface area contributed by atoms with Crippen LogP contribution < -0.4 is 0 Å². The van der Waals surface area contributed by atoms with Crippen LogP contribution in [0.5, 0.6) is 0 Å². The van der Waals surface area contributed by atoms with Gasteiger partial charge in [-0.15, -0.1) is 0 Å². The molecule has 0 aromatic rings. The van der Waals surface area contributed by atoms with Crippen molar-refractivity contribution in [3.05, 3.63) is 11.6 Å². The van der Waals surface area contributed by atoms with Crippen molar-refractivity contribution < 1.29 is 0 Å². The van der Waals surface area contributed by atoms with Crippen molar-refractivity contribution in [2.75, 3.05) is 19.6 Å². The molecule has 0 atom stereocenters. The van der Waals surface area contributed by atoms with E-state index in [1.807, 2.05) is 0 Å². The first kappa shape index (κ1) is 7.80. The fourth-order valence-electron chi connectivity index (χ4n) is 1.28. The SMILES string of the molecule is CC(C)=CCN1CCCC1. The van der Waals surface area contributed by atoms with Gasteiger partial charge in [0.15, 0.2) is 0 Å². The fourth-order valence-corrected chi connectivity index (χ4v) is 1.28. The van der Waals surface area contributed by atoms with E-state index in [1.54, 1.807) is 0 Å². The van der Waals surface area contributed by atoms with Crippen molar-refractivity contribution >= 4 is 0 Å². The van der Waals surface area contributed by atoms with Crippen LogP contribution in [-0.2, 0) is 0 Å². The molecule has 0 aliphatic carbocycles. The highest BCUT2D eigenvalue weighted by atomic mass is 15.1. The van der Waals surface area contributed by atoms with Gasteiger partial charge >= 0.3 is 0 Å². The second-order valence-corrected chi connectivity index (χ2v) is 3.29. The van der Waals surface area contributed by atoms with E-state index < -0.39 is 0 Å². The molecule has 1 rings (SSSR count). The lowest BCUT2D eigenvalue weighted by Gasteiger charge is -2.10. The number of likely N-dealkylation sites (tertiary alicyclic amines) is 1. The molecule has 1 nitrogen and oxygen atoms in total. The molecule has 0 aromatic heterocycles. The summed E-state index contributed by atoms with van der Waals surface area (Å²) in [5.41, 5.74) is 1.44. The van der Waals surface area contributed by atoms with Gasteiger partial charge < -0.3 is 0 Å². The number of rotatable bonds is 2. The van der Waals surface area contributed by atoms with Crippen molar-refractivity contribution in [1.82, 2.24) is 4.90 Å². The maximum atomic E-state index is 2.51. The third-order valence-electron chi connectivity index (χ3n) is 1.96. The van der Waals surface area contributed by atoms with Gasteiger partial charge in [0, 0.05) is 6.54 Å². The molecule has 0 N–H and O–H groups in total. The molecule has 0 spiro atoms. The van der Waals surface area contributed by atoms with Crippen LogP contribution in [0.15, 0.2) is 11.6 Å². The standard InChI is InChI=1S/C9H17N/c1-9(2)5-8-10-6-3-4-7-10/h5H,3-4,6-8H2,1-2H3. The molecule has 0 aromatic carbocycles. The van der Waals surface area contributed by atoms with E-state index in [-0.39, 0.29) is 0 Å². The van der Waals surface area contributed by atoms with Crippen LogP contribution in [0.2, 0.25) is 0 Å². The molecule has 10 heavy (non-hydrogen) atoms. The van der Waals surface area contributed by atoms with Crippen molar-refractivity contribution in [3.63, 3.8) is 0 Å². The van der Waals surface area contributed by atoms with Gasteiger partial charge in [-0.3, -0.25) is 4.90 Å². The first-order valence-electron chi connectivity index (χ1n) is 4.15. The first-order valence-corrected chi connectivity index (χ1v) is 4.15. The molecule has 1 fully saturated rings. The predicted octanol–water partition coefficient (Wildman–Crippen LogP) is 2.05. The quantitative estimate of drug-likeness (QED) is 0.529. The molecule has 1 heteroatoms. The first-order chi connectivity index (χ1) is 4.79. The van der Waals surface area contributed by atoms with Crippen LogP contribution in [0.3, 0.4) is 0 Å². The molecule has 0 radical (unpaired) electrons. The number of allylic oxidation sites excluding steroid dienone is 1.